The summed E-state index contributed by atoms with van der Waals surface area (Å²) in [6.07, 6.45) is 0. The monoisotopic (exact) mass is 168 g/mol. The minimum atomic E-state index is 0.471. The number of rotatable bonds is 0. The Morgan fingerprint density at radius 3 is 2.50 bits per heavy atom. The fourth-order valence-corrected chi connectivity index (χ4v) is 2.72. The quantitative estimate of drug-likeness (QED) is 0.560. The molecular weight excluding hydrogens is 148 g/mol. The van der Waals surface area contributed by atoms with E-state index in [-0.39, 0.29) is 0 Å². The van der Waals surface area contributed by atoms with Gasteiger partial charge in [0.05, 0.1) is 0 Å². The molecule has 70 valence electrons. The molecule has 0 aromatic rings. The van der Waals surface area contributed by atoms with E-state index in [4.69, 9.17) is 0 Å². The average Bonchev–Trinajstić information content (AvgIpc) is 2.37. The van der Waals surface area contributed by atoms with Crippen molar-refractivity contribution in [2.75, 3.05) is 19.6 Å². The molecule has 0 aliphatic carbocycles. The summed E-state index contributed by atoms with van der Waals surface area (Å²) in [5.74, 6) is 1.74. The zero-order chi connectivity index (χ0) is 8.77. The maximum absolute atomic E-state index is 3.61. The lowest BCUT2D eigenvalue weighted by molar-refractivity contribution is 0.205. The molecule has 3 atom stereocenters. The van der Waals surface area contributed by atoms with Crippen molar-refractivity contribution in [1.29, 1.82) is 0 Å². The summed E-state index contributed by atoms with van der Waals surface area (Å²) in [7, 11) is 0. The van der Waals surface area contributed by atoms with Crippen LogP contribution in [0.5, 0.6) is 0 Å². The van der Waals surface area contributed by atoms with Crippen LogP contribution in [0.4, 0.5) is 0 Å². The highest BCUT2D eigenvalue weighted by Crippen LogP contribution is 2.38. The molecule has 2 rings (SSSR count). The van der Waals surface area contributed by atoms with Gasteiger partial charge in [0.25, 0.3) is 0 Å². The fourth-order valence-electron chi connectivity index (χ4n) is 2.72. The zero-order valence-corrected chi connectivity index (χ0v) is 8.35. The Hall–Kier alpha value is -0.0800. The zero-order valence-electron chi connectivity index (χ0n) is 8.35. The summed E-state index contributed by atoms with van der Waals surface area (Å²) in [5.41, 5.74) is 0.471. The minimum Gasteiger partial charge on any atom is -0.315 e. The number of hydrogen-bond acceptors (Lipinski definition) is 2. The summed E-state index contributed by atoms with van der Waals surface area (Å²) >= 11 is 0. The van der Waals surface area contributed by atoms with Crippen molar-refractivity contribution >= 4 is 0 Å². The third-order valence-electron chi connectivity index (χ3n) is 3.49. The van der Waals surface area contributed by atoms with Crippen LogP contribution in [0.15, 0.2) is 0 Å². The van der Waals surface area contributed by atoms with E-state index in [2.05, 4.69) is 31.4 Å². The molecule has 2 nitrogen and oxygen atoms in total. The van der Waals surface area contributed by atoms with E-state index >= 15 is 0 Å². The lowest BCUT2D eigenvalue weighted by Crippen LogP contribution is -2.30. The SMILES string of the molecule is CC(C)(C)C1CNC2CNCC21. The first kappa shape index (κ1) is 8.52. The van der Waals surface area contributed by atoms with Crippen LogP contribution in [0.2, 0.25) is 0 Å². The Balaban J connectivity index is 2.09. The van der Waals surface area contributed by atoms with Crippen LogP contribution in [-0.4, -0.2) is 25.7 Å². The van der Waals surface area contributed by atoms with Crippen molar-refractivity contribution in [3.05, 3.63) is 0 Å². The molecule has 0 spiro atoms. The smallest absolute Gasteiger partial charge is 0.0236 e. The maximum atomic E-state index is 3.61. The van der Waals surface area contributed by atoms with Gasteiger partial charge in [0.15, 0.2) is 0 Å². The lowest BCUT2D eigenvalue weighted by atomic mass is 9.74. The van der Waals surface area contributed by atoms with Gasteiger partial charge < -0.3 is 10.6 Å². The van der Waals surface area contributed by atoms with Crippen LogP contribution >= 0.6 is 0 Å². The van der Waals surface area contributed by atoms with Gasteiger partial charge in [-0.15, -0.1) is 0 Å². The van der Waals surface area contributed by atoms with Crippen molar-refractivity contribution in [1.82, 2.24) is 10.6 Å². The van der Waals surface area contributed by atoms with Crippen molar-refractivity contribution in [2.45, 2.75) is 26.8 Å². The first-order valence-corrected chi connectivity index (χ1v) is 5.03. The molecule has 2 fully saturated rings. The highest BCUT2D eigenvalue weighted by atomic mass is 15.1. The van der Waals surface area contributed by atoms with E-state index in [0.29, 0.717) is 5.41 Å². The lowest BCUT2D eigenvalue weighted by Gasteiger charge is -2.30. The van der Waals surface area contributed by atoms with Crippen LogP contribution in [-0.2, 0) is 0 Å². The average molecular weight is 168 g/mol. The standard InChI is InChI=1S/C10H20N2/c1-10(2,3)8-5-12-9-6-11-4-7(8)9/h7-9,11-12H,4-6H2,1-3H3. The molecule has 2 aliphatic heterocycles. The predicted molar refractivity (Wildman–Crippen MR) is 51.1 cm³/mol. The van der Waals surface area contributed by atoms with Gasteiger partial charge in [-0.05, 0) is 30.3 Å². The molecule has 0 saturated carbocycles. The molecule has 12 heavy (non-hydrogen) atoms. The molecule has 2 heterocycles. The summed E-state index contributed by atoms with van der Waals surface area (Å²) < 4.78 is 0. The van der Waals surface area contributed by atoms with Crippen molar-refractivity contribution in [3.8, 4) is 0 Å². The number of fused-ring (bicyclic) bond motifs is 1. The third-order valence-corrected chi connectivity index (χ3v) is 3.49. The fraction of sp³-hybridized carbons (Fsp3) is 1.00. The topological polar surface area (TPSA) is 24.1 Å². The molecule has 3 unspecified atom stereocenters. The van der Waals surface area contributed by atoms with Crippen LogP contribution in [0.3, 0.4) is 0 Å². The van der Waals surface area contributed by atoms with Gasteiger partial charge in [-0.25, -0.2) is 0 Å². The van der Waals surface area contributed by atoms with Crippen LogP contribution in [0.25, 0.3) is 0 Å². The van der Waals surface area contributed by atoms with Gasteiger partial charge in [-0.3, -0.25) is 0 Å². The van der Waals surface area contributed by atoms with Crippen molar-refractivity contribution in [3.63, 3.8) is 0 Å². The van der Waals surface area contributed by atoms with Crippen LogP contribution in [0.1, 0.15) is 20.8 Å². The first-order chi connectivity index (χ1) is 5.59. The van der Waals surface area contributed by atoms with E-state index in [9.17, 15) is 0 Å². The molecular formula is C10H20N2. The van der Waals surface area contributed by atoms with Crippen LogP contribution < -0.4 is 10.6 Å². The molecule has 2 aliphatic rings. The second-order valence-electron chi connectivity index (χ2n) is 5.31. The Kier molecular flexibility index (Phi) is 1.92. The van der Waals surface area contributed by atoms with Gasteiger partial charge in [-0.1, -0.05) is 20.8 Å². The third kappa shape index (κ3) is 1.27. The van der Waals surface area contributed by atoms with E-state index in [1.165, 1.54) is 19.6 Å². The number of hydrogen-bond donors (Lipinski definition) is 2. The van der Waals surface area contributed by atoms with Crippen LogP contribution in [0, 0.1) is 17.3 Å². The molecule has 0 aromatic heterocycles. The van der Waals surface area contributed by atoms with E-state index in [1.54, 1.807) is 0 Å². The Morgan fingerprint density at radius 2 is 1.83 bits per heavy atom. The molecule has 2 heteroatoms. The maximum Gasteiger partial charge on any atom is 0.0236 e. The van der Waals surface area contributed by atoms with Gasteiger partial charge in [0.1, 0.15) is 0 Å². The van der Waals surface area contributed by atoms with E-state index in [1.807, 2.05) is 0 Å². The molecule has 2 saturated heterocycles. The summed E-state index contributed by atoms with van der Waals surface area (Å²) in [5, 5.41) is 7.08. The Morgan fingerprint density at radius 1 is 1.08 bits per heavy atom. The Bertz CT molecular complexity index is 171. The van der Waals surface area contributed by atoms with E-state index < -0.39 is 0 Å². The molecule has 0 amide bonds. The molecule has 2 N–H and O–H groups in total. The van der Waals surface area contributed by atoms with Gasteiger partial charge in [0, 0.05) is 12.6 Å². The van der Waals surface area contributed by atoms with Gasteiger partial charge in [0.2, 0.25) is 0 Å². The first-order valence-electron chi connectivity index (χ1n) is 5.03. The highest BCUT2D eigenvalue weighted by Gasteiger charge is 2.43. The second kappa shape index (κ2) is 2.71. The number of nitrogens with one attached hydrogen (secondary N) is 2. The summed E-state index contributed by atoms with van der Waals surface area (Å²) in [6.45, 7) is 10.7. The summed E-state index contributed by atoms with van der Waals surface area (Å²) in [4.78, 5) is 0. The molecule has 0 bridgehead atoms. The predicted octanol–water partition coefficient (Wildman–Crippen LogP) is 0.840. The summed E-state index contributed by atoms with van der Waals surface area (Å²) in [6, 6.07) is 0.759. The van der Waals surface area contributed by atoms with Crippen molar-refractivity contribution < 1.29 is 0 Å². The normalized spacial score (nSPS) is 41.8. The van der Waals surface area contributed by atoms with E-state index in [0.717, 1.165) is 17.9 Å². The van der Waals surface area contributed by atoms with Crippen molar-refractivity contribution in [2.24, 2.45) is 17.3 Å². The largest absolute Gasteiger partial charge is 0.315 e. The highest BCUT2D eigenvalue weighted by molar-refractivity contribution is 5.00. The molecule has 0 aromatic carbocycles. The minimum absolute atomic E-state index is 0.471. The van der Waals surface area contributed by atoms with Gasteiger partial charge >= 0.3 is 0 Å². The molecule has 0 radical (unpaired) electrons. The Labute approximate surface area is 75.1 Å². The van der Waals surface area contributed by atoms with Gasteiger partial charge in [-0.2, -0.15) is 0 Å². The second-order valence-corrected chi connectivity index (χ2v) is 5.31.